The third-order valence-electron chi connectivity index (χ3n) is 5.52. The Hall–Kier alpha value is -2.77. The molecule has 152 valence electrons. The second kappa shape index (κ2) is 8.16. The second-order valence-electron chi connectivity index (χ2n) is 7.50. The highest BCUT2D eigenvalue weighted by Crippen LogP contribution is 2.33. The van der Waals surface area contributed by atoms with E-state index in [1.54, 1.807) is 22.7 Å². The first-order chi connectivity index (χ1) is 14.7. The lowest BCUT2D eigenvalue weighted by atomic mass is 9.97. The fourth-order valence-corrected chi connectivity index (χ4v) is 6.10. The van der Waals surface area contributed by atoms with Gasteiger partial charge in [-0.1, -0.05) is 36.4 Å². The number of hydrogen-bond acceptors (Lipinski definition) is 5. The number of carbonyl (C=O) groups excluding carboxylic acids is 1. The molecule has 0 radical (unpaired) electrons. The Morgan fingerprint density at radius 1 is 1.13 bits per heavy atom. The number of hydrogen-bond donors (Lipinski definition) is 1. The van der Waals surface area contributed by atoms with Crippen LogP contribution >= 0.6 is 22.7 Å². The first kappa shape index (κ1) is 19.2. The molecule has 1 atom stereocenters. The highest BCUT2D eigenvalue weighted by Gasteiger charge is 2.22. The smallest absolute Gasteiger partial charge is 0.262 e. The minimum absolute atomic E-state index is 0.0406. The van der Waals surface area contributed by atoms with Gasteiger partial charge in [-0.3, -0.25) is 14.2 Å². The molecule has 0 saturated carbocycles. The van der Waals surface area contributed by atoms with Crippen molar-refractivity contribution in [3.05, 3.63) is 85.4 Å². The van der Waals surface area contributed by atoms with Crippen LogP contribution in [0.2, 0.25) is 0 Å². The predicted octanol–water partition coefficient (Wildman–Crippen LogP) is 4.30. The zero-order valence-corrected chi connectivity index (χ0v) is 18.0. The number of thiophene rings is 2. The van der Waals surface area contributed by atoms with Crippen LogP contribution in [0.5, 0.6) is 0 Å². The lowest BCUT2D eigenvalue weighted by Crippen LogP contribution is -2.35. The van der Waals surface area contributed by atoms with Gasteiger partial charge < -0.3 is 5.32 Å². The van der Waals surface area contributed by atoms with Gasteiger partial charge in [-0.05, 0) is 48.3 Å². The number of nitrogens with zero attached hydrogens (tertiary/aromatic N) is 2. The van der Waals surface area contributed by atoms with E-state index in [-0.39, 0.29) is 24.1 Å². The molecule has 0 fully saturated rings. The molecule has 4 aromatic rings. The molecule has 0 bridgehead atoms. The van der Waals surface area contributed by atoms with Crippen LogP contribution in [-0.2, 0) is 24.2 Å². The zero-order valence-electron chi connectivity index (χ0n) is 16.3. The first-order valence-corrected chi connectivity index (χ1v) is 11.8. The number of carbonyl (C=O) groups is 1. The largest absolute Gasteiger partial charge is 0.343 e. The van der Waals surface area contributed by atoms with Crippen molar-refractivity contribution >= 4 is 38.8 Å². The van der Waals surface area contributed by atoms with E-state index in [0.29, 0.717) is 5.39 Å². The van der Waals surface area contributed by atoms with Crippen LogP contribution in [0.1, 0.15) is 39.8 Å². The molecule has 1 aromatic carbocycles. The number of benzene rings is 1. The van der Waals surface area contributed by atoms with Gasteiger partial charge in [0, 0.05) is 9.75 Å². The Bertz CT molecular complexity index is 1240. The van der Waals surface area contributed by atoms with E-state index in [2.05, 4.69) is 10.3 Å². The highest BCUT2D eigenvalue weighted by atomic mass is 32.1. The topological polar surface area (TPSA) is 64.0 Å². The minimum Gasteiger partial charge on any atom is -0.343 e. The summed E-state index contributed by atoms with van der Waals surface area (Å²) in [6.45, 7) is -0.0406. The van der Waals surface area contributed by atoms with Gasteiger partial charge in [0.25, 0.3) is 5.56 Å². The Labute approximate surface area is 182 Å². The molecule has 3 aromatic heterocycles. The van der Waals surface area contributed by atoms with E-state index in [0.717, 1.165) is 40.1 Å². The molecule has 1 N–H and O–H groups in total. The summed E-state index contributed by atoms with van der Waals surface area (Å²) in [5.41, 5.74) is 2.05. The van der Waals surface area contributed by atoms with Crippen molar-refractivity contribution in [1.82, 2.24) is 14.9 Å². The number of rotatable bonds is 5. The Morgan fingerprint density at radius 3 is 2.77 bits per heavy atom. The van der Waals surface area contributed by atoms with Crippen molar-refractivity contribution in [2.24, 2.45) is 0 Å². The van der Waals surface area contributed by atoms with Gasteiger partial charge in [0.1, 0.15) is 11.4 Å². The van der Waals surface area contributed by atoms with Gasteiger partial charge in [0.15, 0.2) is 0 Å². The van der Waals surface area contributed by atoms with Crippen molar-refractivity contribution in [2.45, 2.75) is 38.3 Å². The van der Waals surface area contributed by atoms with Crippen molar-refractivity contribution in [1.29, 1.82) is 0 Å². The van der Waals surface area contributed by atoms with Crippen LogP contribution < -0.4 is 10.9 Å². The number of nitrogens with one attached hydrogen (secondary N) is 1. The molecule has 30 heavy (non-hydrogen) atoms. The van der Waals surface area contributed by atoms with Crippen molar-refractivity contribution in [3.8, 4) is 0 Å². The summed E-state index contributed by atoms with van der Waals surface area (Å²) >= 11 is 3.23. The maximum atomic E-state index is 13.1. The summed E-state index contributed by atoms with van der Waals surface area (Å²) in [6, 6.07) is 13.6. The number of fused-ring (bicyclic) bond motifs is 3. The summed E-state index contributed by atoms with van der Waals surface area (Å²) in [5, 5.41) is 5.81. The molecular formula is C23H21N3O2S2. The maximum Gasteiger partial charge on any atom is 0.262 e. The number of amides is 1. The average Bonchev–Trinajstić information content (AvgIpc) is 3.43. The van der Waals surface area contributed by atoms with Crippen molar-refractivity contribution in [2.75, 3.05) is 0 Å². The van der Waals surface area contributed by atoms with Gasteiger partial charge in [0.2, 0.25) is 5.91 Å². The van der Waals surface area contributed by atoms with Crippen molar-refractivity contribution in [3.63, 3.8) is 0 Å². The van der Waals surface area contributed by atoms with Gasteiger partial charge >= 0.3 is 0 Å². The summed E-state index contributed by atoms with van der Waals surface area (Å²) < 4.78 is 1.44. The van der Waals surface area contributed by atoms with Crippen LogP contribution in [0, 0.1) is 0 Å². The SMILES string of the molecule is O=C(Cn1cnc2sc3c(c2c1=O)CCCC3)NC(c1ccccc1)c1cccs1. The quantitative estimate of drug-likeness (QED) is 0.508. The standard InChI is InChI=1S/C23H21N3O2S2/c27-19(25-21(18-11-6-12-29-18)15-7-2-1-3-8-15)13-26-14-24-22-20(23(26)28)16-9-4-5-10-17(16)30-22/h1-3,6-8,11-12,14,21H,4-5,9-10,13H2,(H,25,27). The van der Waals surface area contributed by atoms with E-state index < -0.39 is 0 Å². The lowest BCUT2D eigenvalue weighted by molar-refractivity contribution is -0.122. The second-order valence-corrected chi connectivity index (χ2v) is 9.56. The summed E-state index contributed by atoms with van der Waals surface area (Å²) in [6.07, 6.45) is 5.73. The molecule has 1 amide bonds. The van der Waals surface area contributed by atoms with Crippen LogP contribution in [0.3, 0.4) is 0 Å². The summed E-state index contributed by atoms with van der Waals surface area (Å²) in [7, 11) is 0. The number of aromatic nitrogens is 2. The predicted molar refractivity (Wildman–Crippen MR) is 121 cm³/mol. The van der Waals surface area contributed by atoms with Gasteiger partial charge in [-0.25, -0.2) is 4.98 Å². The van der Waals surface area contributed by atoms with Gasteiger partial charge in [0.05, 0.1) is 17.8 Å². The maximum absolute atomic E-state index is 13.1. The Morgan fingerprint density at radius 2 is 1.97 bits per heavy atom. The third-order valence-corrected chi connectivity index (χ3v) is 7.66. The average molecular weight is 436 g/mol. The molecule has 7 heteroatoms. The summed E-state index contributed by atoms with van der Waals surface area (Å²) in [4.78, 5) is 33.7. The normalized spacial score (nSPS) is 14.4. The highest BCUT2D eigenvalue weighted by molar-refractivity contribution is 7.18. The van der Waals surface area contributed by atoms with Crippen LogP contribution in [0.25, 0.3) is 10.2 Å². The molecule has 0 aliphatic heterocycles. The molecule has 1 aliphatic rings. The van der Waals surface area contributed by atoms with E-state index in [1.807, 2.05) is 47.8 Å². The minimum atomic E-state index is -0.236. The molecule has 0 saturated heterocycles. The Balaban J connectivity index is 1.43. The molecule has 1 aliphatic carbocycles. The number of aryl methyl sites for hydroxylation is 2. The summed E-state index contributed by atoms with van der Waals surface area (Å²) in [5.74, 6) is -0.204. The van der Waals surface area contributed by atoms with E-state index in [1.165, 1.54) is 22.2 Å². The molecule has 1 unspecified atom stereocenters. The fourth-order valence-electron chi connectivity index (χ4n) is 4.07. The lowest BCUT2D eigenvalue weighted by Gasteiger charge is -2.18. The van der Waals surface area contributed by atoms with Crippen LogP contribution in [0.4, 0.5) is 0 Å². The molecule has 0 spiro atoms. The fraction of sp³-hybridized carbons (Fsp3) is 0.261. The van der Waals surface area contributed by atoms with E-state index in [4.69, 9.17) is 0 Å². The van der Waals surface area contributed by atoms with Gasteiger partial charge in [-0.15, -0.1) is 22.7 Å². The van der Waals surface area contributed by atoms with E-state index in [9.17, 15) is 9.59 Å². The Kier molecular flexibility index (Phi) is 5.23. The van der Waals surface area contributed by atoms with Crippen LogP contribution in [-0.4, -0.2) is 15.5 Å². The molecular weight excluding hydrogens is 414 g/mol. The van der Waals surface area contributed by atoms with E-state index >= 15 is 0 Å². The van der Waals surface area contributed by atoms with Crippen molar-refractivity contribution < 1.29 is 4.79 Å². The molecule has 3 heterocycles. The van der Waals surface area contributed by atoms with Gasteiger partial charge in [-0.2, -0.15) is 0 Å². The molecule has 5 nitrogen and oxygen atoms in total. The zero-order chi connectivity index (χ0) is 20.5. The van der Waals surface area contributed by atoms with Crippen LogP contribution in [0.15, 0.2) is 59.0 Å². The first-order valence-electron chi connectivity index (χ1n) is 10.1. The monoisotopic (exact) mass is 435 g/mol. The third kappa shape index (κ3) is 3.59. The molecule has 5 rings (SSSR count).